The van der Waals surface area contributed by atoms with Gasteiger partial charge in [0, 0.05) is 30.3 Å². The molecule has 54 heavy (non-hydrogen) atoms. The number of H-pyrrole nitrogens is 1. The summed E-state index contributed by atoms with van der Waals surface area (Å²) in [5.74, 6) is 4.33. The number of aliphatic imine (C=N–C) groups is 1. The van der Waals surface area contributed by atoms with Crippen molar-refractivity contribution in [3.63, 3.8) is 0 Å². The highest BCUT2D eigenvalue weighted by molar-refractivity contribution is 6.03. The van der Waals surface area contributed by atoms with E-state index in [0.29, 0.717) is 23.3 Å². The first-order chi connectivity index (χ1) is 26.2. The molecule has 1 N–H and O–H groups in total. The summed E-state index contributed by atoms with van der Waals surface area (Å²) in [5.41, 5.74) is 14.4. The third-order valence-electron chi connectivity index (χ3n) is 14.4. The zero-order chi connectivity index (χ0) is 36.3. The fourth-order valence-corrected chi connectivity index (χ4v) is 11.5. The van der Waals surface area contributed by atoms with Crippen LogP contribution in [0.4, 0.5) is 4.79 Å². The summed E-state index contributed by atoms with van der Waals surface area (Å²) in [7, 11) is 0. The van der Waals surface area contributed by atoms with Gasteiger partial charge in [0.15, 0.2) is 0 Å². The molecule has 3 aromatic carbocycles. The molecule has 4 saturated carbocycles. The van der Waals surface area contributed by atoms with Crippen molar-refractivity contribution in [2.75, 3.05) is 0 Å². The molecular weight excluding hydrogens is 665 g/mol. The number of ether oxygens (including phenoxy) is 1. The monoisotopic (exact) mass is 716 g/mol. The highest BCUT2D eigenvalue weighted by Crippen LogP contribution is 2.58. The van der Waals surface area contributed by atoms with Crippen LogP contribution in [-0.4, -0.2) is 44.4 Å². The van der Waals surface area contributed by atoms with Crippen molar-refractivity contribution in [2.45, 2.75) is 127 Å². The Kier molecular flexibility index (Phi) is 7.33. The van der Waals surface area contributed by atoms with E-state index in [0.717, 1.165) is 48.9 Å². The Bertz CT molecular complexity index is 2200. The van der Waals surface area contributed by atoms with Gasteiger partial charge in [-0.3, -0.25) is 9.89 Å². The predicted octanol–water partition coefficient (Wildman–Crippen LogP) is 11.3. The van der Waals surface area contributed by atoms with Crippen molar-refractivity contribution in [3.8, 4) is 33.5 Å². The minimum atomic E-state index is -0.499. The van der Waals surface area contributed by atoms with Gasteiger partial charge in [-0.1, -0.05) is 73.5 Å². The lowest BCUT2D eigenvalue weighted by atomic mass is 9.76. The normalized spacial score (nSPS) is 28.5. The van der Waals surface area contributed by atoms with Crippen LogP contribution in [0.2, 0.25) is 0 Å². The van der Waals surface area contributed by atoms with Crippen molar-refractivity contribution in [1.29, 1.82) is 0 Å². The average molecular weight is 717 g/mol. The van der Waals surface area contributed by atoms with E-state index in [2.05, 4.69) is 65.6 Å². The molecule has 6 heteroatoms. The molecule has 276 valence electrons. The molecule has 11 rings (SSSR count). The van der Waals surface area contributed by atoms with Gasteiger partial charge in [0.1, 0.15) is 11.4 Å². The minimum absolute atomic E-state index is 0.0437. The molecule has 1 spiro atoms. The SMILES string of the molecule is CC(C)(C)OC(=O)N1C2CC2C[C@H]1C1=NC=C(c2ccc(-c3ccc(-c4ccc(-c5cnc(C6CC7CC7C6)[nH]5)cc4)c4c3CCC43CCCC3)cc2)C1. The van der Waals surface area contributed by atoms with Crippen LogP contribution in [0.5, 0.6) is 0 Å². The molecular formula is C48H52N4O2. The van der Waals surface area contributed by atoms with Gasteiger partial charge in [0.25, 0.3) is 0 Å². The van der Waals surface area contributed by atoms with E-state index in [-0.39, 0.29) is 12.1 Å². The van der Waals surface area contributed by atoms with E-state index in [1.165, 1.54) is 96.1 Å². The van der Waals surface area contributed by atoms with Gasteiger partial charge in [0.2, 0.25) is 0 Å². The van der Waals surface area contributed by atoms with Gasteiger partial charge >= 0.3 is 6.09 Å². The van der Waals surface area contributed by atoms with Crippen LogP contribution in [0.25, 0.3) is 39.1 Å². The van der Waals surface area contributed by atoms with Crippen LogP contribution >= 0.6 is 0 Å². The Morgan fingerprint density at radius 3 is 2.22 bits per heavy atom. The second-order valence-electron chi connectivity index (χ2n) is 18.9. The van der Waals surface area contributed by atoms with E-state index in [4.69, 9.17) is 14.7 Å². The number of aromatic nitrogens is 2. The Hall–Kier alpha value is -4.45. The molecule has 5 atom stereocenters. The number of nitrogens with zero attached hydrogens (tertiary/aromatic N) is 3. The van der Waals surface area contributed by atoms with Gasteiger partial charge in [-0.15, -0.1) is 0 Å². The van der Waals surface area contributed by atoms with Gasteiger partial charge in [-0.05, 0) is 152 Å². The van der Waals surface area contributed by atoms with Crippen LogP contribution in [0, 0.1) is 17.8 Å². The first-order valence-electron chi connectivity index (χ1n) is 20.9. The molecule has 1 saturated heterocycles. The summed E-state index contributed by atoms with van der Waals surface area (Å²) in [6, 6.07) is 23.7. The second-order valence-corrected chi connectivity index (χ2v) is 18.9. The van der Waals surface area contributed by atoms with E-state index in [1.807, 2.05) is 38.1 Å². The van der Waals surface area contributed by atoms with Crippen LogP contribution < -0.4 is 0 Å². The topological polar surface area (TPSA) is 70.6 Å². The summed E-state index contributed by atoms with van der Waals surface area (Å²) in [4.78, 5) is 28.6. The number of likely N-dealkylation sites (tertiary alicyclic amines) is 1. The molecule has 0 bridgehead atoms. The first-order valence-corrected chi connectivity index (χ1v) is 20.9. The molecule has 0 radical (unpaired) electrons. The van der Waals surface area contributed by atoms with Crippen LogP contribution in [0.3, 0.4) is 0 Å². The third kappa shape index (κ3) is 5.53. The molecule has 3 heterocycles. The molecule has 1 aromatic heterocycles. The van der Waals surface area contributed by atoms with Crippen LogP contribution in [0.1, 0.15) is 120 Å². The summed E-state index contributed by atoms with van der Waals surface area (Å²) in [5, 5.41) is 0. The predicted molar refractivity (Wildman–Crippen MR) is 215 cm³/mol. The Morgan fingerprint density at radius 1 is 0.796 bits per heavy atom. The fourth-order valence-electron chi connectivity index (χ4n) is 11.5. The smallest absolute Gasteiger partial charge is 0.411 e. The van der Waals surface area contributed by atoms with Gasteiger partial charge in [-0.25, -0.2) is 9.78 Å². The third-order valence-corrected chi connectivity index (χ3v) is 14.4. The maximum atomic E-state index is 13.2. The largest absolute Gasteiger partial charge is 0.444 e. The zero-order valence-corrected chi connectivity index (χ0v) is 32.0. The maximum absolute atomic E-state index is 13.2. The summed E-state index contributed by atoms with van der Waals surface area (Å²) < 4.78 is 5.82. The number of piperidine rings is 1. The highest BCUT2D eigenvalue weighted by atomic mass is 16.6. The number of fused-ring (bicyclic) bond motifs is 4. The number of imidazole rings is 1. The number of benzene rings is 3. The van der Waals surface area contributed by atoms with Gasteiger partial charge in [-0.2, -0.15) is 0 Å². The van der Waals surface area contributed by atoms with Crippen LogP contribution in [0.15, 0.2) is 78.1 Å². The van der Waals surface area contributed by atoms with Crippen LogP contribution in [-0.2, 0) is 16.6 Å². The molecule has 2 aliphatic heterocycles. The summed E-state index contributed by atoms with van der Waals surface area (Å²) in [6.45, 7) is 5.83. The molecule has 7 aliphatic rings. The average Bonchev–Trinajstić information content (AvgIpc) is 3.69. The zero-order valence-electron chi connectivity index (χ0n) is 32.0. The van der Waals surface area contributed by atoms with Crippen molar-refractivity contribution in [2.24, 2.45) is 22.7 Å². The summed E-state index contributed by atoms with van der Waals surface area (Å²) >= 11 is 0. The van der Waals surface area contributed by atoms with Crippen molar-refractivity contribution in [1.82, 2.24) is 14.9 Å². The summed E-state index contributed by atoms with van der Waals surface area (Å²) in [6.07, 6.45) is 18.5. The number of nitrogens with one attached hydrogen (secondary N) is 1. The molecule has 5 fully saturated rings. The number of allylic oxidation sites excluding steroid dienone is 1. The quantitative estimate of drug-likeness (QED) is 0.216. The maximum Gasteiger partial charge on any atom is 0.411 e. The van der Waals surface area contributed by atoms with Crippen molar-refractivity contribution < 1.29 is 9.53 Å². The van der Waals surface area contributed by atoms with Crippen molar-refractivity contribution >= 4 is 17.4 Å². The number of hydrogen-bond donors (Lipinski definition) is 1. The number of amides is 1. The molecule has 6 nitrogen and oxygen atoms in total. The van der Waals surface area contributed by atoms with E-state index >= 15 is 0 Å². The number of aromatic amines is 1. The van der Waals surface area contributed by atoms with E-state index in [1.54, 1.807) is 11.1 Å². The standard InChI is InChI=1S/C48H52N4O2/c1-47(2,3)54-46(53)52-42-24-34(42)25-43(52)40-23-36(26-49-40)28-6-8-29(9-7-28)37-14-15-38(44-39(37)16-19-48(44)17-4-5-18-48)30-10-12-31(13-11-30)41-27-50-45(51-41)35-21-32-20-33(32)22-35/h6-15,26-27,32-35,42-43H,4-5,16-25H2,1-3H3,(H,50,51)/t32?,33?,34?,35?,42?,43-/m0/s1. The Morgan fingerprint density at radius 2 is 1.48 bits per heavy atom. The van der Waals surface area contributed by atoms with E-state index < -0.39 is 5.60 Å². The lowest BCUT2D eigenvalue weighted by Crippen LogP contribution is -2.45. The minimum Gasteiger partial charge on any atom is -0.444 e. The lowest BCUT2D eigenvalue weighted by molar-refractivity contribution is 0.0230. The molecule has 1 amide bonds. The first kappa shape index (κ1) is 32.9. The molecule has 4 aromatic rings. The molecule has 4 unspecified atom stereocenters. The lowest BCUT2D eigenvalue weighted by Gasteiger charge is -2.30. The second kappa shape index (κ2) is 12.0. The number of rotatable bonds is 6. The number of carbonyl (C=O) groups is 1. The molecule has 5 aliphatic carbocycles. The Labute approximate surface area is 319 Å². The van der Waals surface area contributed by atoms with Gasteiger partial charge < -0.3 is 9.72 Å². The van der Waals surface area contributed by atoms with Crippen molar-refractivity contribution in [3.05, 3.63) is 95.6 Å². The Balaban J connectivity index is 0.835. The van der Waals surface area contributed by atoms with Gasteiger partial charge in [0.05, 0.1) is 17.9 Å². The fraction of sp³-hybridized carbons (Fsp3) is 0.479. The highest BCUT2D eigenvalue weighted by Gasteiger charge is 2.56. The number of hydrogen-bond acceptors (Lipinski definition) is 4. The number of carbonyl (C=O) groups excluding carboxylic acids is 1. The van der Waals surface area contributed by atoms with E-state index in [9.17, 15) is 4.79 Å².